The number of aliphatic hydroxyl groups excluding tert-OH is 1. The maximum absolute atomic E-state index is 10.4. The van der Waals surface area contributed by atoms with Crippen LogP contribution in [0.5, 0.6) is 17.2 Å². The summed E-state index contributed by atoms with van der Waals surface area (Å²) >= 11 is 0. The first-order chi connectivity index (χ1) is 13.1. The third-order valence-electron chi connectivity index (χ3n) is 4.08. The molecular formula is C21H29NO5. The number of nitrogens with zero attached hydrogens (tertiary/aromatic N) is 1. The molecule has 0 aliphatic heterocycles. The molecule has 6 heteroatoms. The van der Waals surface area contributed by atoms with E-state index in [1.807, 2.05) is 48.5 Å². The van der Waals surface area contributed by atoms with Gasteiger partial charge in [0, 0.05) is 32.8 Å². The van der Waals surface area contributed by atoms with Gasteiger partial charge in [-0.2, -0.15) is 0 Å². The molecule has 0 heterocycles. The van der Waals surface area contributed by atoms with Crippen LogP contribution < -0.4 is 14.2 Å². The summed E-state index contributed by atoms with van der Waals surface area (Å²) in [6, 6.07) is 15.3. The van der Waals surface area contributed by atoms with Crippen molar-refractivity contribution in [3.8, 4) is 17.2 Å². The van der Waals surface area contributed by atoms with Crippen molar-refractivity contribution in [3.05, 3.63) is 54.1 Å². The van der Waals surface area contributed by atoms with Gasteiger partial charge in [-0.25, -0.2) is 0 Å². The van der Waals surface area contributed by atoms with Crippen molar-refractivity contribution in [2.24, 2.45) is 0 Å². The van der Waals surface area contributed by atoms with Crippen molar-refractivity contribution in [3.63, 3.8) is 0 Å². The lowest BCUT2D eigenvalue weighted by molar-refractivity contribution is 0.0542. The van der Waals surface area contributed by atoms with Crippen molar-refractivity contribution in [2.45, 2.75) is 12.6 Å². The molecule has 0 saturated carbocycles. The molecule has 148 valence electrons. The molecule has 0 aliphatic carbocycles. The third-order valence-corrected chi connectivity index (χ3v) is 4.08. The lowest BCUT2D eigenvalue weighted by Crippen LogP contribution is -2.37. The zero-order valence-corrected chi connectivity index (χ0v) is 16.3. The summed E-state index contributed by atoms with van der Waals surface area (Å²) < 4.78 is 21.5. The summed E-state index contributed by atoms with van der Waals surface area (Å²) in [6.07, 6.45) is -0.616. The summed E-state index contributed by atoms with van der Waals surface area (Å²) in [7, 11) is 4.93. The lowest BCUT2D eigenvalue weighted by atomic mass is 10.1. The van der Waals surface area contributed by atoms with Gasteiger partial charge in [-0.15, -0.1) is 0 Å². The molecule has 0 aliphatic rings. The molecule has 0 saturated heterocycles. The molecule has 2 rings (SSSR count). The SMILES string of the molecule is COCCN(Cc1cc(OC)cc(OC)c1)C[C@H](O)COc1ccccc1. The van der Waals surface area contributed by atoms with Gasteiger partial charge < -0.3 is 24.1 Å². The van der Waals surface area contributed by atoms with Crippen molar-refractivity contribution in [1.82, 2.24) is 4.90 Å². The second kappa shape index (κ2) is 11.4. The van der Waals surface area contributed by atoms with Crippen LogP contribution in [-0.4, -0.2) is 63.7 Å². The fourth-order valence-electron chi connectivity index (χ4n) is 2.73. The Balaban J connectivity index is 1.97. The fraction of sp³-hybridized carbons (Fsp3) is 0.429. The van der Waals surface area contributed by atoms with Gasteiger partial charge in [0.2, 0.25) is 0 Å². The number of aliphatic hydroxyl groups is 1. The second-order valence-electron chi connectivity index (χ2n) is 6.23. The topological polar surface area (TPSA) is 60.4 Å². The van der Waals surface area contributed by atoms with Gasteiger partial charge in [-0.1, -0.05) is 18.2 Å². The lowest BCUT2D eigenvalue weighted by Gasteiger charge is -2.25. The van der Waals surface area contributed by atoms with Crippen molar-refractivity contribution in [2.75, 3.05) is 47.6 Å². The molecule has 6 nitrogen and oxygen atoms in total. The molecule has 27 heavy (non-hydrogen) atoms. The molecule has 0 bridgehead atoms. The molecule has 1 atom stereocenters. The number of benzene rings is 2. The van der Waals surface area contributed by atoms with Gasteiger partial charge >= 0.3 is 0 Å². The van der Waals surface area contributed by atoms with Crippen LogP contribution in [0.4, 0.5) is 0 Å². The van der Waals surface area contributed by atoms with Gasteiger partial charge in [-0.05, 0) is 29.8 Å². The standard InChI is InChI=1S/C21H29NO5/c1-24-10-9-22(14-17-11-20(25-2)13-21(12-17)26-3)15-18(23)16-27-19-7-5-4-6-8-19/h4-8,11-13,18,23H,9-10,14-16H2,1-3H3/t18-/m0/s1. The van der Waals surface area contributed by atoms with E-state index in [1.54, 1.807) is 21.3 Å². The maximum Gasteiger partial charge on any atom is 0.122 e. The summed E-state index contributed by atoms with van der Waals surface area (Å²) in [5, 5.41) is 10.4. The zero-order chi connectivity index (χ0) is 19.5. The van der Waals surface area contributed by atoms with Crippen LogP contribution in [0.1, 0.15) is 5.56 Å². The Bertz CT molecular complexity index is 643. The predicted octanol–water partition coefficient (Wildman–Crippen LogP) is 2.59. The normalized spacial score (nSPS) is 12.0. The van der Waals surface area contributed by atoms with E-state index in [0.29, 0.717) is 26.2 Å². The largest absolute Gasteiger partial charge is 0.497 e. The fourth-order valence-corrected chi connectivity index (χ4v) is 2.73. The molecular weight excluding hydrogens is 346 g/mol. The van der Waals surface area contributed by atoms with Gasteiger partial charge in [0.05, 0.1) is 20.8 Å². The van der Waals surface area contributed by atoms with Gasteiger partial charge in [0.25, 0.3) is 0 Å². The number of hydrogen-bond acceptors (Lipinski definition) is 6. The molecule has 0 amide bonds. The number of ether oxygens (including phenoxy) is 4. The maximum atomic E-state index is 10.4. The minimum absolute atomic E-state index is 0.231. The van der Waals surface area contributed by atoms with E-state index >= 15 is 0 Å². The van der Waals surface area contributed by atoms with Crippen molar-refractivity contribution < 1.29 is 24.1 Å². The Morgan fingerprint density at radius 1 is 0.926 bits per heavy atom. The number of methoxy groups -OCH3 is 3. The number of para-hydroxylation sites is 1. The van der Waals surface area contributed by atoms with Gasteiger partial charge in [0.1, 0.15) is 30.0 Å². The molecule has 0 spiro atoms. The van der Waals surface area contributed by atoms with E-state index in [-0.39, 0.29) is 6.61 Å². The first-order valence-corrected chi connectivity index (χ1v) is 8.93. The average molecular weight is 375 g/mol. The highest BCUT2D eigenvalue weighted by atomic mass is 16.5. The van der Waals surface area contributed by atoms with E-state index in [9.17, 15) is 5.11 Å². The monoisotopic (exact) mass is 375 g/mol. The Morgan fingerprint density at radius 2 is 1.59 bits per heavy atom. The Kier molecular flexibility index (Phi) is 8.91. The molecule has 0 aromatic heterocycles. The molecule has 2 aromatic carbocycles. The molecule has 0 radical (unpaired) electrons. The molecule has 2 aromatic rings. The minimum Gasteiger partial charge on any atom is -0.497 e. The van der Waals surface area contributed by atoms with E-state index in [4.69, 9.17) is 18.9 Å². The smallest absolute Gasteiger partial charge is 0.122 e. The van der Waals surface area contributed by atoms with Crippen LogP contribution in [0.15, 0.2) is 48.5 Å². The van der Waals surface area contributed by atoms with Crippen LogP contribution in [0.25, 0.3) is 0 Å². The number of hydrogen-bond donors (Lipinski definition) is 1. The van der Waals surface area contributed by atoms with Crippen molar-refractivity contribution >= 4 is 0 Å². The van der Waals surface area contributed by atoms with E-state index in [1.165, 1.54) is 0 Å². The average Bonchev–Trinajstić information content (AvgIpc) is 2.70. The Labute approximate surface area is 161 Å². The van der Waals surface area contributed by atoms with Crippen molar-refractivity contribution in [1.29, 1.82) is 0 Å². The molecule has 0 unspecified atom stereocenters. The molecule has 1 N–H and O–H groups in total. The van der Waals surface area contributed by atoms with Crippen LogP contribution in [0.2, 0.25) is 0 Å². The van der Waals surface area contributed by atoms with E-state index in [0.717, 1.165) is 22.8 Å². The highest BCUT2D eigenvalue weighted by Gasteiger charge is 2.14. The predicted molar refractivity (Wildman–Crippen MR) is 105 cm³/mol. The molecule has 0 fully saturated rings. The Hall–Kier alpha value is -2.28. The Morgan fingerprint density at radius 3 is 2.19 bits per heavy atom. The highest BCUT2D eigenvalue weighted by molar-refractivity contribution is 5.38. The summed E-state index contributed by atoms with van der Waals surface area (Å²) in [4.78, 5) is 2.12. The third kappa shape index (κ3) is 7.46. The van der Waals surface area contributed by atoms with Crippen LogP contribution in [0, 0.1) is 0 Å². The van der Waals surface area contributed by atoms with Crippen LogP contribution >= 0.6 is 0 Å². The van der Waals surface area contributed by atoms with Gasteiger partial charge in [-0.3, -0.25) is 4.90 Å². The first-order valence-electron chi connectivity index (χ1n) is 8.93. The first kappa shape index (κ1) is 21.0. The highest BCUT2D eigenvalue weighted by Crippen LogP contribution is 2.23. The summed E-state index contributed by atoms with van der Waals surface area (Å²) in [5.74, 6) is 2.23. The van der Waals surface area contributed by atoms with Gasteiger partial charge in [0.15, 0.2) is 0 Å². The zero-order valence-electron chi connectivity index (χ0n) is 16.3. The number of rotatable bonds is 12. The summed E-state index contributed by atoms with van der Waals surface area (Å²) in [6.45, 7) is 2.61. The van der Waals surface area contributed by atoms with Crippen LogP contribution in [-0.2, 0) is 11.3 Å². The van der Waals surface area contributed by atoms with E-state index < -0.39 is 6.10 Å². The van der Waals surface area contributed by atoms with Crippen LogP contribution in [0.3, 0.4) is 0 Å². The minimum atomic E-state index is -0.616. The summed E-state index contributed by atoms with van der Waals surface area (Å²) in [5.41, 5.74) is 1.04. The quantitative estimate of drug-likeness (QED) is 0.615. The second-order valence-corrected chi connectivity index (χ2v) is 6.23. The van der Waals surface area contributed by atoms with E-state index in [2.05, 4.69) is 4.90 Å².